The Bertz CT molecular complexity index is 1320. The Balaban J connectivity index is 2.08. The molecule has 288 valence electrons. The average Bonchev–Trinajstić information content (AvgIpc) is 2.98. The van der Waals surface area contributed by atoms with Crippen molar-refractivity contribution in [2.45, 2.75) is 151 Å². The topological polar surface area (TPSA) is 150 Å². The zero-order valence-electron chi connectivity index (χ0n) is 32.2. The van der Waals surface area contributed by atoms with Crippen molar-refractivity contribution in [3.05, 3.63) is 23.8 Å². The summed E-state index contributed by atoms with van der Waals surface area (Å²) in [5.74, 6) is -2.42. The quantitative estimate of drug-likeness (QED) is 0.115. The molecule has 3 rings (SSSR count). The fourth-order valence-corrected chi connectivity index (χ4v) is 8.52. The third-order valence-corrected chi connectivity index (χ3v) is 10.7. The molecule has 1 aliphatic heterocycles. The zero-order chi connectivity index (χ0) is 38.3. The van der Waals surface area contributed by atoms with E-state index in [1.165, 1.54) is 27.7 Å². The van der Waals surface area contributed by atoms with Gasteiger partial charge < -0.3 is 33.2 Å². The second kappa shape index (κ2) is 18.0. The molecule has 12 heteroatoms. The first-order valence-corrected chi connectivity index (χ1v) is 18.2. The first-order valence-electron chi connectivity index (χ1n) is 18.2. The van der Waals surface area contributed by atoms with E-state index in [2.05, 4.69) is 27.4 Å². The largest absolute Gasteiger partial charge is 0.463 e. The standard InChI is InChI=1S/C39H60O12/c1-22(2)19-33(44)45-18-15-24(4)30(20-29-23(3)13-14-32-38(9,10)16-12-17-39(29,32)11)50-37-36(49-28(8)43)35(48-27(7)42)34(47-26(6)41)31(51-37)21-46-25(5)40/h15,22,29-32,34-37H,3,12-14,16-21H2,1-2,4-11H3/b24-15+/t29-,30-,31+,32-,34+,35-,36+,37+,39+/m0/s1. The highest BCUT2D eigenvalue weighted by atomic mass is 16.7. The molecule has 51 heavy (non-hydrogen) atoms. The average molecular weight is 721 g/mol. The molecular formula is C39H60O12. The van der Waals surface area contributed by atoms with Gasteiger partial charge in [0.15, 0.2) is 24.6 Å². The SMILES string of the molecule is C=C1CC[C@H]2C(C)(C)CCC[C@]2(C)[C@H]1C[C@H](O[C@@H]1O[C@H](COC(C)=O)[C@@H](OC(C)=O)[C@H](OC(C)=O)[C@H]1OC(C)=O)/C(C)=C/COC(=O)CC(C)C. The normalized spacial score (nSPS) is 31.2. The third kappa shape index (κ3) is 11.4. The summed E-state index contributed by atoms with van der Waals surface area (Å²) in [5.41, 5.74) is 1.97. The molecule has 0 spiro atoms. The lowest BCUT2D eigenvalue weighted by Gasteiger charge is -2.58. The monoisotopic (exact) mass is 720 g/mol. The first kappa shape index (κ1) is 42.2. The fraction of sp³-hybridized carbons (Fsp3) is 0.769. The number of allylic oxidation sites excluding steroid dienone is 1. The second-order valence-corrected chi connectivity index (χ2v) is 15.8. The molecule has 0 N–H and O–H groups in total. The van der Waals surface area contributed by atoms with Gasteiger partial charge in [0, 0.05) is 34.1 Å². The van der Waals surface area contributed by atoms with Crippen LogP contribution in [-0.4, -0.2) is 79.9 Å². The highest BCUT2D eigenvalue weighted by molar-refractivity contribution is 5.70. The molecule has 0 bridgehead atoms. The van der Waals surface area contributed by atoms with Gasteiger partial charge in [-0.05, 0) is 79.3 Å². The first-order chi connectivity index (χ1) is 23.7. The van der Waals surface area contributed by atoms with Crippen LogP contribution in [0.3, 0.4) is 0 Å². The van der Waals surface area contributed by atoms with Crippen LogP contribution in [0, 0.1) is 28.6 Å². The Labute approximate surface area is 303 Å². The van der Waals surface area contributed by atoms with Gasteiger partial charge in [-0.25, -0.2) is 0 Å². The van der Waals surface area contributed by atoms with Crippen molar-refractivity contribution in [2.24, 2.45) is 28.6 Å². The summed E-state index contributed by atoms with van der Waals surface area (Å²) < 4.78 is 40.8. The van der Waals surface area contributed by atoms with Gasteiger partial charge in [0.05, 0.1) is 6.10 Å². The lowest BCUT2D eigenvalue weighted by Crippen LogP contribution is -2.63. The van der Waals surface area contributed by atoms with E-state index < -0.39 is 60.7 Å². The summed E-state index contributed by atoms with van der Waals surface area (Å²) in [7, 11) is 0. The molecule has 1 saturated heterocycles. The summed E-state index contributed by atoms with van der Waals surface area (Å²) in [5, 5.41) is 0. The van der Waals surface area contributed by atoms with Crippen molar-refractivity contribution in [1.29, 1.82) is 0 Å². The van der Waals surface area contributed by atoms with Gasteiger partial charge in [0.1, 0.15) is 19.3 Å². The van der Waals surface area contributed by atoms with Crippen LogP contribution in [0.15, 0.2) is 23.8 Å². The van der Waals surface area contributed by atoms with E-state index >= 15 is 0 Å². The van der Waals surface area contributed by atoms with Crippen molar-refractivity contribution in [2.75, 3.05) is 13.2 Å². The number of fused-ring (bicyclic) bond motifs is 1. The van der Waals surface area contributed by atoms with E-state index in [1.54, 1.807) is 6.08 Å². The maximum Gasteiger partial charge on any atom is 0.306 e. The van der Waals surface area contributed by atoms with Crippen LogP contribution in [0.25, 0.3) is 0 Å². The van der Waals surface area contributed by atoms with E-state index in [9.17, 15) is 24.0 Å². The number of carbonyl (C=O) groups is 5. The van der Waals surface area contributed by atoms with E-state index in [1.807, 2.05) is 20.8 Å². The molecule has 0 aromatic heterocycles. The molecule has 0 unspecified atom stereocenters. The van der Waals surface area contributed by atoms with Crippen molar-refractivity contribution in [3.8, 4) is 0 Å². The molecule has 12 nitrogen and oxygen atoms in total. The number of hydrogen-bond donors (Lipinski definition) is 0. The zero-order valence-corrected chi connectivity index (χ0v) is 32.2. The predicted octanol–water partition coefficient (Wildman–Crippen LogP) is 6.18. The molecular weight excluding hydrogens is 660 g/mol. The lowest BCUT2D eigenvalue weighted by molar-refractivity contribution is -0.315. The summed E-state index contributed by atoms with van der Waals surface area (Å²) in [6.45, 7) is 21.8. The van der Waals surface area contributed by atoms with E-state index in [0.717, 1.165) is 43.3 Å². The van der Waals surface area contributed by atoms with Crippen molar-refractivity contribution >= 4 is 29.8 Å². The summed E-state index contributed by atoms with van der Waals surface area (Å²) >= 11 is 0. The Hall–Kier alpha value is -3.25. The molecule has 3 fully saturated rings. The summed E-state index contributed by atoms with van der Waals surface area (Å²) in [6.07, 6.45) is 0.607. The van der Waals surface area contributed by atoms with Crippen LogP contribution in [0.1, 0.15) is 114 Å². The van der Waals surface area contributed by atoms with Crippen molar-refractivity contribution in [3.63, 3.8) is 0 Å². The van der Waals surface area contributed by atoms with Crippen molar-refractivity contribution < 1.29 is 57.1 Å². The maximum absolute atomic E-state index is 12.5. The number of carbonyl (C=O) groups excluding carboxylic acids is 5. The Morgan fingerprint density at radius 1 is 0.863 bits per heavy atom. The van der Waals surface area contributed by atoms with E-state index in [0.29, 0.717) is 12.3 Å². The molecule has 2 saturated carbocycles. The Kier molecular flexibility index (Phi) is 14.9. The maximum atomic E-state index is 12.5. The molecule has 0 aromatic rings. The molecule has 0 amide bonds. The number of hydrogen-bond acceptors (Lipinski definition) is 12. The predicted molar refractivity (Wildman–Crippen MR) is 187 cm³/mol. The molecule has 1 heterocycles. The highest BCUT2D eigenvalue weighted by Gasteiger charge is 2.55. The Morgan fingerprint density at radius 2 is 1.47 bits per heavy atom. The molecule has 2 aliphatic carbocycles. The minimum atomic E-state index is -1.37. The van der Waals surface area contributed by atoms with E-state index in [4.69, 9.17) is 33.2 Å². The fourth-order valence-electron chi connectivity index (χ4n) is 8.52. The van der Waals surface area contributed by atoms with Crippen molar-refractivity contribution in [1.82, 2.24) is 0 Å². The third-order valence-electron chi connectivity index (χ3n) is 10.7. The molecule has 0 radical (unpaired) electrons. The van der Waals surface area contributed by atoms with Crippen LogP contribution < -0.4 is 0 Å². The summed E-state index contributed by atoms with van der Waals surface area (Å²) in [4.78, 5) is 61.4. The van der Waals surface area contributed by atoms with E-state index in [-0.39, 0.29) is 48.3 Å². The van der Waals surface area contributed by atoms with Gasteiger partial charge >= 0.3 is 29.8 Å². The van der Waals surface area contributed by atoms with Crippen LogP contribution >= 0.6 is 0 Å². The van der Waals surface area contributed by atoms with Gasteiger partial charge in [-0.2, -0.15) is 0 Å². The van der Waals surface area contributed by atoms with Crippen LogP contribution in [0.2, 0.25) is 0 Å². The van der Waals surface area contributed by atoms with Crippen LogP contribution in [0.4, 0.5) is 0 Å². The van der Waals surface area contributed by atoms with Gasteiger partial charge in [-0.1, -0.05) is 53.2 Å². The van der Waals surface area contributed by atoms with Crippen LogP contribution in [-0.2, 0) is 57.1 Å². The van der Waals surface area contributed by atoms with Gasteiger partial charge in [-0.15, -0.1) is 0 Å². The molecule has 9 atom stereocenters. The second-order valence-electron chi connectivity index (χ2n) is 15.8. The van der Waals surface area contributed by atoms with Gasteiger partial charge in [0.25, 0.3) is 0 Å². The minimum absolute atomic E-state index is 0.0222. The summed E-state index contributed by atoms with van der Waals surface area (Å²) in [6, 6.07) is 0. The minimum Gasteiger partial charge on any atom is -0.463 e. The lowest BCUT2D eigenvalue weighted by atomic mass is 9.47. The number of esters is 5. The Morgan fingerprint density at radius 3 is 2.06 bits per heavy atom. The van der Waals surface area contributed by atoms with Gasteiger partial charge in [-0.3, -0.25) is 24.0 Å². The molecule has 0 aromatic carbocycles. The smallest absolute Gasteiger partial charge is 0.306 e. The van der Waals surface area contributed by atoms with Crippen LogP contribution in [0.5, 0.6) is 0 Å². The number of rotatable bonds is 14. The molecule has 3 aliphatic rings. The number of ether oxygens (including phenoxy) is 7. The highest BCUT2D eigenvalue weighted by Crippen LogP contribution is 2.62. The van der Waals surface area contributed by atoms with Gasteiger partial charge in [0.2, 0.25) is 0 Å².